The Hall–Kier alpha value is -2.62. The van der Waals surface area contributed by atoms with Gasteiger partial charge in [-0.25, -0.2) is 27.7 Å². The fourth-order valence-electron chi connectivity index (χ4n) is 3.85. The predicted molar refractivity (Wildman–Crippen MR) is 124 cm³/mol. The lowest BCUT2D eigenvalue weighted by atomic mass is 10.1. The van der Waals surface area contributed by atoms with E-state index in [1.54, 1.807) is 17.8 Å². The van der Waals surface area contributed by atoms with Crippen LogP contribution in [0.1, 0.15) is 24.1 Å². The molecule has 0 saturated carbocycles. The molecule has 35 heavy (non-hydrogen) atoms. The van der Waals surface area contributed by atoms with Crippen LogP contribution in [0.25, 0.3) is 21.1 Å². The second-order valence-corrected chi connectivity index (χ2v) is 11.2. The molecule has 0 bridgehead atoms. The molecule has 1 aliphatic heterocycles. The average Bonchev–Trinajstić information content (AvgIpc) is 3.40. The van der Waals surface area contributed by atoms with Gasteiger partial charge in [0.1, 0.15) is 10.6 Å². The summed E-state index contributed by atoms with van der Waals surface area (Å²) in [5.74, 6) is 0.0349. The molecule has 0 aliphatic carbocycles. The third-order valence-corrected chi connectivity index (χ3v) is 8.08. The number of nitrogens with one attached hydrogen (secondary N) is 1. The summed E-state index contributed by atoms with van der Waals surface area (Å²) in [7, 11) is -3.29. The van der Waals surface area contributed by atoms with Crippen molar-refractivity contribution in [2.24, 2.45) is 0 Å². The van der Waals surface area contributed by atoms with Crippen LogP contribution in [0.2, 0.25) is 0 Å². The second kappa shape index (κ2) is 9.79. The number of halogens is 3. The van der Waals surface area contributed by atoms with E-state index in [0.29, 0.717) is 43.0 Å². The van der Waals surface area contributed by atoms with Crippen molar-refractivity contribution in [1.29, 1.82) is 0 Å². The number of nitrogens with zero attached hydrogens (tertiary/aromatic N) is 6. The number of alkyl halides is 3. The van der Waals surface area contributed by atoms with Gasteiger partial charge in [-0.2, -0.15) is 18.3 Å². The van der Waals surface area contributed by atoms with Crippen LogP contribution in [-0.4, -0.2) is 74.6 Å². The minimum absolute atomic E-state index is 0.0349. The zero-order valence-corrected chi connectivity index (χ0v) is 20.6. The summed E-state index contributed by atoms with van der Waals surface area (Å²) < 4.78 is 67.6. The fraction of sp³-hybridized carbons (Fsp3) is 0.500. The van der Waals surface area contributed by atoms with Crippen molar-refractivity contribution in [3.63, 3.8) is 0 Å². The van der Waals surface area contributed by atoms with Gasteiger partial charge in [-0.1, -0.05) is 0 Å². The van der Waals surface area contributed by atoms with E-state index in [9.17, 15) is 21.6 Å². The van der Waals surface area contributed by atoms with Crippen molar-refractivity contribution >= 4 is 27.3 Å². The van der Waals surface area contributed by atoms with Crippen molar-refractivity contribution in [2.75, 3.05) is 31.3 Å². The van der Waals surface area contributed by atoms with E-state index in [0.717, 1.165) is 29.5 Å². The average molecular weight is 532 g/mol. The SMILES string of the molecule is Cc1c(-c2ncc(-c3nc(NC4CCN(S(C)(=O)=O)CC4)ncc3C(F)(F)F)s2)cnn1CCO. The first-order valence-electron chi connectivity index (χ1n) is 10.7. The molecule has 3 aromatic heterocycles. The Morgan fingerprint density at radius 2 is 1.91 bits per heavy atom. The number of hydrogen-bond acceptors (Lipinski definition) is 9. The molecule has 190 valence electrons. The van der Waals surface area contributed by atoms with Gasteiger partial charge in [0.25, 0.3) is 0 Å². The van der Waals surface area contributed by atoms with Gasteiger partial charge < -0.3 is 10.4 Å². The molecular formula is C20H24F3N7O3S2. The molecule has 0 radical (unpaired) electrons. The van der Waals surface area contributed by atoms with Crippen molar-refractivity contribution in [1.82, 2.24) is 29.0 Å². The highest BCUT2D eigenvalue weighted by Gasteiger charge is 2.36. The third kappa shape index (κ3) is 5.63. The number of aliphatic hydroxyl groups is 1. The minimum atomic E-state index is -4.67. The Balaban J connectivity index is 1.61. The molecule has 0 amide bonds. The van der Waals surface area contributed by atoms with E-state index in [2.05, 4.69) is 25.4 Å². The largest absolute Gasteiger partial charge is 0.420 e. The standard InChI is InChI=1S/C20H24F3N7O3S2/c1-12-14(9-26-30(12)7-8-31)18-24-11-16(34-18)17-15(20(21,22)23)10-25-19(28-17)27-13-3-5-29(6-4-13)35(2,32)33/h9-11,13,31H,3-8H2,1-2H3,(H,25,27,28). The number of anilines is 1. The zero-order valence-electron chi connectivity index (χ0n) is 18.9. The van der Waals surface area contributed by atoms with Gasteiger partial charge in [-0.3, -0.25) is 4.68 Å². The summed E-state index contributed by atoms with van der Waals surface area (Å²) in [5.41, 5.74) is 0.139. The van der Waals surface area contributed by atoms with Crippen LogP contribution >= 0.6 is 11.3 Å². The Labute approximate surface area is 203 Å². The Morgan fingerprint density at radius 3 is 2.54 bits per heavy atom. The summed E-state index contributed by atoms with van der Waals surface area (Å²) in [6.07, 6.45) is 1.10. The van der Waals surface area contributed by atoms with Crippen molar-refractivity contribution in [3.05, 3.63) is 29.8 Å². The van der Waals surface area contributed by atoms with E-state index in [1.807, 2.05) is 0 Å². The van der Waals surface area contributed by atoms with Gasteiger partial charge in [-0.15, -0.1) is 11.3 Å². The Bertz CT molecular complexity index is 1300. The second-order valence-electron chi connectivity index (χ2n) is 8.15. The fourth-order valence-corrected chi connectivity index (χ4v) is 5.70. The molecule has 0 spiro atoms. The third-order valence-electron chi connectivity index (χ3n) is 5.73. The summed E-state index contributed by atoms with van der Waals surface area (Å²) in [6, 6.07) is -0.172. The maximum Gasteiger partial charge on any atom is 0.420 e. The number of aliphatic hydroxyl groups excluding tert-OH is 1. The highest BCUT2D eigenvalue weighted by molar-refractivity contribution is 7.88. The van der Waals surface area contributed by atoms with Crippen molar-refractivity contribution in [3.8, 4) is 21.1 Å². The van der Waals surface area contributed by atoms with Crippen LogP contribution < -0.4 is 5.32 Å². The van der Waals surface area contributed by atoms with Gasteiger partial charge in [0.05, 0.1) is 41.7 Å². The predicted octanol–water partition coefficient (Wildman–Crippen LogP) is 2.62. The maximum atomic E-state index is 13.7. The van der Waals surface area contributed by atoms with Gasteiger partial charge in [-0.05, 0) is 19.8 Å². The summed E-state index contributed by atoms with van der Waals surface area (Å²) >= 11 is 1.05. The molecule has 4 heterocycles. The van der Waals surface area contributed by atoms with Gasteiger partial charge in [0.15, 0.2) is 0 Å². The normalized spacial score (nSPS) is 16.1. The van der Waals surface area contributed by atoms with Crippen molar-refractivity contribution in [2.45, 2.75) is 38.5 Å². The van der Waals surface area contributed by atoms with Crippen LogP contribution in [0.15, 0.2) is 18.6 Å². The highest BCUT2D eigenvalue weighted by Crippen LogP contribution is 2.40. The monoisotopic (exact) mass is 531 g/mol. The molecule has 10 nitrogen and oxygen atoms in total. The van der Waals surface area contributed by atoms with E-state index in [4.69, 9.17) is 5.11 Å². The first kappa shape index (κ1) is 25.5. The lowest BCUT2D eigenvalue weighted by molar-refractivity contribution is -0.137. The molecule has 0 aromatic carbocycles. The number of piperidine rings is 1. The maximum absolute atomic E-state index is 13.7. The summed E-state index contributed by atoms with van der Waals surface area (Å²) in [5, 5.41) is 16.9. The summed E-state index contributed by atoms with van der Waals surface area (Å²) in [4.78, 5) is 12.6. The summed E-state index contributed by atoms with van der Waals surface area (Å²) in [6.45, 7) is 2.62. The zero-order chi connectivity index (χ0) is 25.4. The Morgan fingerprint density at radius 1 is 1.20 bits per heavy atom. The molecule has 2 N–H and O–H groups in total. The van der Waals surface area contributed by atoms with Crippen LogP contribution in [-0.2, 0) is 22.7 Å². The molecular weight excluding hydrogens is 507 g/mol. The number of aromatic nitrogens is 5. The molecule has 4 rings (SSSR count). The molecule has 0 unspecified atom stereocenters. The van der Waals surface area contributed by atoms with Gasteiger partial charge >= 0.3 is 6.18 Å². The molecule has 3 aromatic rings. The topological polar surface area (TPSA) is 126 Å². The lowest BCUT2D eigenvalue weighted by Gasteiger charge is -2.30. The smallest absolute Gasteiger partial charge is 0.394 e. The van der Waals surface area contributed by atoms with Crippen LogP contribution in [0, 0.1) is 6.92 Å². The first-order valence-corrected chi connectivity index (χ1v) is 13.4. The van der Waals surface area contributed by atoms with Crippen molar-refractivity contribution < 1.29 is 26.7 Å². The van der Waals surface area contributed by atoms with Crippen LogP contribution in [0.3, 0.4) is 0 Å². The molecule has 1 fully saturated rings. The highest BCUT2D eigenvalue weighted by atomic mass is 32.2. The Kier molecular flexibility index (Phi) is 7.13. The van der Waals surface area contributed by atoms with E-state index in [1.165, 1.54) is 10.5 Å². The van der Waals surface area contributed by atoms with Gasteiger partial charge in [0.2, 0.25) is 16.0 Å². The molecule has 1 aliphatic rings. The molecule has 1 saturated heterocycles. The quantitative estimate of drug-likeness (QED) is 0.477. The van der Waals surface area contributed by atoms with Gasteiger partial charge in [0, 0.05) is 37.2 Å². The first-order chi connectivity index (χ1) is 16.5. The minimum Gasteiger partial charge on any atom is -0.394 e. The molecule has 15 heteroatoms. The van der Waals surface area contributed by atoms with E-state index in [-0.39, 0.29) is 29.2 Å². The molecule has 0 atom stereocenters. The number of hydrogen-bond donors (Lipinski definition) is 2. The van der Waals surface area contributed by atoms with Crippen LogP contribution in [0.5, 0.6) is 0 Å². The number of rotatable bonds is 7. The van der Waals surface area contributed by atoms with Crippen LogP contribution in [0.4, 0.5) is 19.1 Å². The van der Waals surface area contributed by atoms with E-state index >= 15 is 0 Å². The van der Waals surface area contributed by atoms with E-state index < -0.39 is 21.8 Å². The number of sulfonamides is 1. The lowest BCUT2D eigenvalue weighted by Crippen LogP contribution is -2.42. The number of thiazole rings is 1.